The number of hydrogen-bond donors (Lipinski definition) is 1. The molecule has 0 atom stereocenters. The van der Waals surface area contributed by atoms with Gasteiger partial charge in [0, 0.05) is 57.6 Å². The fraction of sp³-hybridized carbons (Fsp3) is 0.680. The summed E-state index contributed by atoms with van der Waals surface area (Å²) in [7, 11) is 0. The molecule has 1 N–H and O–H groups in total. The van der Waals surface area contributed by atoms with Crippen LogP contribution in [0.3, 0.4) is 0 Å². The molecular weight excluding hydrogens is 434 g/mol. The van der Waals surface area contributed by atoms with Gasteiger partial charge >= 0.3 is 12.1 Å². The van der Waals surface area contributed by atoms with E-state index in [1.807, 2.05) is 42.7 Å². The van der Waals surface area contributed by atoms with Crippen molar-refractivity contribution in [3.05, 3.63) is 30.1 Å². The lowest BCUT2D eigenvalue weighted by Crippen LogP contribution is -2.47. The van der Waals surface area contributed by atoms with Crippen LogP contribution in [0, 0.1) is 5.92 Å². The highest BCUT2D eigenvalue weighted by Crippen LogP contribution is 2.20. The van der Waals surface area contributed by atoms with Gasteiger partial charge in [0.15, 0.2) is 0 Å². The second kappa shape index (κ2) is 12.0. The highest BCUT2D eigenvalue weighted by Gasteiger charge is 2.30. The number of urea groups is 1. The minimum absolute atomic E-state index is 0.0318. The van der Waals surface area contributed by atoms with Crippen molar-refractivity contribution < 1.29 is 19.1 Å². The number of carbonyl (C=O) groups is 3. The van der Waals surface area contributed by atoms with Crippen molar-refractivity contribution in [1.29, 1.82) is 0 Å². The average molecular weight is 474 g/mol. The maximum absolute atomic E-state index is 12.7. The molecule has 1 aromatic rings. The topological polar surface area (TPSA) is 95.1 Å². The van der Waals surface area contributed by atoms with E-state index in [2.05, 4.69) is 10.3 Å². The minimum Gasteiger partial charge on any atom is -0.444 e. The van der Waals surface area contributed by atoms with Crippen LogP contribution in [0.15, 0.2) is 24.5 Å². The van der Waals surface area contributed by atoms with Crippen LogP contribution in [-0.2, 0) is 16.1 Å². The van der Waals surface area contributed by atoms with Gasteiger partial charge in [-0.15, -0.1) is 0 Å². The summed E-state index contributed by atoms with van der Waals surface area (Å²) in [5.41, 5.74) is 0.344. The number of rotatable bonds is 7. The van der Waals surface area contributed by atoms with E-state index >= 15 is 0 Å². The van der Waals surface area contributed by atoms with E-state index in [-0.39, 0.29) is 23.9 Å². The molecule has 1 aromatic heterocycles. The monoisotopic (exact) mass is 473 g/mol. The average Bonchev–Trinajstić information content (AvgIpc) is 3.35. The van der Waals surface area contributed by atoms with E-state index in [0.717, 1.165) is 31.5 Å². The number of pyridine rings is 1. The Kier molecular flexibility index (Phi) is 9.12. The normalized spacial score (nSPS) is 16.9. The molecular formula is C25H39N5O4. The second-order valence-corrected chi connectivity index (χ2v) is 10.1. The number of nitrogens with one attached hydrogen (secondary N) is 1. The fourth-order valence-electron chi connectivity index (χ4n) is 4.34. The number of amides is 4. The van der Waals surface area contributed by atoms with Crippen LogP contribution >= 0.6 is 0 Å². The summed E-state index contributed by atoms with van der Waals surface area (Å²) >= 11 is 0. The Labute approximate surface area is 202 Å². The Hall–Kier alpha value is -2.84. The summed E-state index contributed by atoms with van der Waals surface area (Å²) in [6, 6.07) is 3.88. The van der Waals surface area contributed by atoms with E-state index in [1.165, 1.54) is 0 Å². The molecule has 0 aliphatic carbocycles. The summed E-state index contributed by atoms with van der Waals surface area (Å²) in [5, 5.41) is 3.01. The predicted molar refractivity (Wildman–Crippen MR) is 129 cm³/mol. The van der Waals surface area contributed by atoms with Gasteiger partial charge in [-0.05, 0) is 64.5 Å². The van der Waals surface area contributed by atoms with Crippen molar-refractivity contribution in [1.82, 2.24) is 25.0 Å². The summed E-state index contributed by atoms with van der Waals surface area (Å²) in [6.07, 6.45) is 7.22. The van der Waals surface area contributed by atoms with Crippen LogP contribution < -0.4 is 5.32 Å². The molecule has 0 aromatic carbocycles. The van der Waals surface area contributed by atoms with Crippen LogP contribution in [0.5, 0.6) is 0 Å². The van der Waals surface area contributed by atoms with Gasteiger partial charge in [0.1, 0.15) is 5.60 Å². The standard InChI is InChI=1S/C25H39N5O4/c1-25(2,3)34-24(33)30(19-20-8-6-11-26-18-20)15-7-12-27-22(31)21-9-16-29(17-10-21)23(32)28-13-4-5-14-28/h6,8,11,18,21H,4-5,7,9-10,12-17,19H2,1-3H3,(H,27,31). The first-order valence-corrected chi connectivity index (χ1v) is 12.4. The molecule has 34 heavy (non-hydrogen) atoms. The molecule has 9 nitrogen and oxygen atoms in total. The third-order valence-electron chi connectivity index (χ3n) is 6.16. The molecule has 2 saturated heterocycles. The first-order valence-electron chi connectivity index (χ1n) is 12.4. The van der Waals surface area contributed by atoms with Gasteiger partial charge in [-0.25, -0.2) is 9.59 Å². The van der Waals surface area contributed by atoms with E-state index in [1.54, 1.807) is 17.3 Å². The molecule has 2 fully saturated rings. The highest BCUT2D eigenvalue weighted by atomic mass is 16.6. The van der Waals surface area contributed by atoms with Crippen LogP contribution in [0.4, 0.5) is 9.59 Å². The summed E-state index contributed by atoms with van der Waals surface area (Å²) in [5.74, 6) is -0.0377. The van der Waals surface area contributed by atoms with Gasteiger partial charge < -0.3 is 24.8 Å². The number of aromatic nitrogens is 1. The predicted octanol–water partition coefficient (Wildman–Crippen LogP) is 3.25. The first kappa shape index (κ1) is 25.8. The van der Waals surface area contributed by atoms with Crippen molar-refractivity contribution in [3.8, 4) is 0 Å². The number of piperidine rings is 1. The Bertz CT molecular complexity index is 812. The molecule has 0 radical (unpaired) electrons. The Balaban J connectivity index is 1.41. The summed E-state index contributed by atoms with van der Waals surface area (Å²) in [6.45, 7) is 9.84. The Morgan fingerprint density at radius 3 is 2.41 bits per heavy atom. The summed E-state index contributed by atoms with van der Waals surface area (Å²) < 4.78 is 5.56. The maximum atomic E-state index is 12.7. The molecule has 0 bridgehead atoms. The second-order valence-electron chi connectivity index (χ2n) is 10.1. The first-order chi connectivity index (χ1) is 16.2. The SMILES string of the molecule is CC(C)(C)OC(=O)N(CCCNC(=O)C1CCN(C(=O)N2CCCC2)CC1)Cc1cccnc1. The molecule has 9 heteroatoms. The van der Waals surface area contributed by atoms with Crippen molar-refractivity contribution in [3.63, 3.8) is 0 Å². The zero-order chi connectivity index (χ0) is 24.6. The van der Waals surface area contributed by atoms with Crippen LogP contribution in [-0.4, -0.2) is 82.6 Å². The zero-order valence-electron chi connectivity index (χ0n) is 20.8. The van der Waals surface area contributed by atoms with E-state index in [0.29, 0.717) is 52.0 Å². The van der Waals surface area contributed by atoms with E-state index in [9.17, 15) is 14.4 Å². The van der Waals surface area contributed by atoms with Gasteiger partial charge in [0.25, 0.3) is 0 Å². The van der Waals surface area contributed by atoms with E-state index in [4.69, 9.17) is 4.74 Å². The van der Waals surface area contributed by atoms with Crippen molar-refractivity contribution >= 4 is 18.0 Å². The molecule has 0 unspecified atom stereocenters. The maximum Gasteiger partial charge on any atom is 0.410 e. The van der Waals surface area contributed by atoms with Crippen LogP contribution in [0.2, 0.25) is 0 Å². The molecule has 2 aliphatic rings. The number of hydrogen-bond acceptors (Lipinski definition) is 5. The van der Waals surface area contributed by atoms with Gasteiger partial charge in [-0.2, -0.15) is 0 Å². The molecule has 188 valence electrons. The van der Waals surface area contributed by atoms with Crippen LogP contribution in [0.1, 0.15) is 58.4 Å². The van der Waals surface area contributed by atoms with Crippen molar-refractivity contribution in [2.75, 3.05) is 39.3 Å². The van der Waals surface area contributed by atoms with Gasteiger partial charge in [-0.3, -0.25) is 9.78 Å². The smallest absolute Gasteiger partial charge is 0.410 e. The lowest BCUT2D eigenvalue weighted by atomic mass is 9.96. The van der Waals surface area contributed by atoms with Crippen molar-refractivity contribution in [2.45, 2.75) is 65.0 Å². The lowest BCUT2D eigenvalue weighted by molar-refractivity contribution is -0.126. The third-order valence-corrected chi connectivity index (χ3v) is 6.16. The number of nitrogens with zero attached hydrogens (tertiary/aromatic N) is 4. The van der Waals surface area contributed by atoms with E-state index < -0.39 is 5.60 Å². The molecule has 0 spiro atoms. The molecule has 3 heterocycles. The third kappa shape index (κ3) is 7.88. The number of likely N-dealkylation sites (tertiary alicyclic amines) is 2. The molecule has 4 amide bonds. The Morgan fingerprint density at radius 2 is 1.79 bits per heavy atom. The quantitative estimate of drug-likeness (QED) is 0.614. The van der Waals surface area contributed by atoms with Crippen LogP contribution in [0.25, 0.3) is 0 Å². The van der Waals surface area contributed by atoms with Crippen molar-refractivity contribution in [2.24, 2.45) is 5.92 Å². The van der Waals surface area contributed by atoms with Gasteiger partial charge in [0.2, 0.25) is 5.91 Å². The highest BCUT2D eigenvalue weighted by molar-refractivity contribution is 5.79. The fourth-order valence-corrected chi connectivity index (χ4v) is 4.34. The lowest BCUT2D eigenvalue weighted by Gasteiger charge is -2.34. The van der Waals surface area contributed by atoms with Gasteiger partial charge in [0.05, 0.1) is 6.54 Å². The summed E-state index contributed by atoms with van der Waals surface area (Å²) in [4.78, 5) is 47.4. The Morgan fingerprint density at radius 1 is 1.12 bits per heavy atom. The number of carbonyl (C=O) groups excluding carboxylic acids is 3. The number of ether oxygens (including phenoxy) is 1. The minimum atomic E-state index is -0.580. The molecule has 0 saturated carbocycles. The molecule has 2 aliphatic heterocycles. The van der Waals surface area contributed by atoms with Gasteiger partial charge in [-0.1, -0.05) is 6.07 Å². The molecule has 3 rings (SSSR count). The zero-order valence-corrected chi connectivity index (χ0v) is 20.8. The largest absolute Gasteiger partial charge is 0.444 e.